The number of rotatable bonds is 6. The van der Waals surface area contributed by atoms with E-state index in [1.807, 2.05) is 0 Å². The summed E-state index contributed by atoms with van der Waals surface area (Å²) in [6.45, 7) is 8.94. The van der Waals surface area contributed by atoms with Gasteiger partial charge in [0, 0.05) is 14.7 Å². The van der Waals surface area contributed by atoms with Crippen LogP contribution in [0.4, 0.5) is 0 Å². The molecule has 0 bridgehead atoms. The fraction of sp³-hybridized carbons (Fsp3) is 0.538. The van der Waals surface area contributed by atoms with E-state index in [4.69, 9.17) is 4.74 Å². The first-order valence-corrected chi connectivity index (χ1v) is 9.40. The summed E-state index contributed by atoms with van der Waals surface area (Å²) in [4.78, 5) is 0. The van der Waals surface area contributed by atoms with Gasteiger partial charge in [-0.15, -0.1) is 0 Å². The third-order valence-electron chi connectivity index (χ3n) is 2.37. The van der Waals surface area contributed by atoms with Gasteiger partial charge in [-0.3, -0.25) is 0 Å². The Morgan fingerprint density at radius 2 is 1.67 bits per heavy atom. The Balaban J connectivity index is 2.08. The van der Waals surface area contributed by atoms with Gasteiger partial charge in [0.15, 0.2) is 0 Å². The Bertz CT molecular complexity index is 264. The van der Waals surface area contributed by atoms with Crippen molar-refractivity contribution in [1.82, 2.24) is 0 Å². The Morgan fingerprint density at radius 3 is 2.27 bits per heavy atom. The lowest BCUT2D eigenvalue weighted by Crippen LogP contribution is -2.21. The topological polar surface area (TPSA) is 9.23 Å². The number of hydrogen-bond acceptors (Lipinski definition) is 1. The minimum atomic E-state index is -0.911. The second-order valence-corrected chi connectivity index (χ2v) is 10.8. The molecule has 2 heteroatoms. The summed E-state index contributed by atoms with van der Waals surface area (Å²) in [5.74, 6) is 0. The lowest BCUT2D eigenvalue weighted by molar-refractivity contribution is 0.150. The third-order valence-corrected chi connectivity index (χ3v) is 4.08. The van der Waals surface area contributed by atoms with Gasteiger partial charge in [-0.25, -0.2) is 0 Å². The lowest BCUT2D eigenvalue weighted by Gasteiger charge is -2.15. The highest BCUT2D eigenvalue weighted by atomic mass is 28.3. The van der Waals surface area contributed by atoms with Crippen molar-refractivity contribution < 1.29 is 4.74 Å². The van der Waals surface area contributed by atoms with Crippen molar-refractivity contribution in [2.75, 3.05) is 13.2 Å². The molecule has 0 aromatic heterocycles. The van der Waals surface area contributed by atoms with Crippen LogP contribution in [0.25, 0.3) is 0 Å². The molecule has 0 heterocycles. The molecular formula is C13H22OSi. The van der Waals surface area contributed by atoms with E-state index in [2.05, 4.69) is 50.0 Å². The summed E-state index contributed by atoms with van der Waals surface area (Å²) in [7, 11) is -0.911. The minimum Gasteiger partial charge on any atom is -0.381 e. The van der Waals surface area contributed by atoms with Crippen molar-refractivity contribution >= 4 is 8.07 Å². The fourth-order valence-electron chi connectivity index (χ4n) is 1.32. The van der Waals surface area contributed by atoms with E-state index in [0.717, 1.165) is 19.6 Å². The van der Waals surface area contributed by atoms with E-state index in [-0.39, 0.29) is 0 Å². The van der Waals surface area contributed by atoms with Crippen molar-refractivity contribution in [1.29, 1.82) is 0 Å². The van der Waals surface area contributed by atoms with Gasteiger partial charge in [0.25, 0.3) is 0 Å². The van der Waals surface area contributed by atoms with Crippen molar-refractivity contribution in [3.8, 4) is 0 Å². The molecule has 0 aliphatic heterocycles. The first kappa shape index (κ1) is 12.5. The van der Waals surface area contributed by atoms with Gasteiger partial charge in [0.2, 0.25) is 0 Å². The maximum absolute atomic E-state index is 5.65. The van der Waals surface area contributed by atoms with E-state index in [1.54, 1.807) is 0 Å². The maximum atomic E-state index is 5.65. The molecule has 0 aliphatic rings. The van der Waals surface area contributed by atoms with Crippen LogP contribution >= 0.6 is 0 Å². The highest BCUT2D eigenvalue weighted by Crippen LogP contribution is 2.07. The molecule has 0 saturated carbocycles. The minimum absolute atomic E-state index is 0.856. The zero-order valence-corrected chi connectivity index (χ0v) is 11.1. The van der Waals surface area contributed by atoms with Crippen LogP contribution in [0.3, 0.4) is 0 Å². The van der Waals surface area contributed by atoms with Crippen molar-refractivity contribution in [2.45, 2.75) is 32.1 Å². The van der Waals surface area contributed by atoms with Gasteiger partial charge >= 0.3 is 0 Å². The first-order chi connectivity index (χ1) is 7.08. The molecule has 0 atom stereocenters. The molecule has 1 rings (SSSR count). The number of benzene rings is 1. The molecule has 0 aliphatic carbocycles. The molecule has 0 radical (unpaired) electrons. The summed E-state index contributed by atoms with van der Waals surface area (Å²) in [5.41, 5.74) is 1.37. The lowest BCUT2D eigenvalue weighted by atomic mass is 10.2. The van der Waals surface area contributed by atoms with Crippen LogP contribution in [0.15, 0.2) is 30.3 Å². The first-order valence-electron chi connectivity index (χ1n) is 5.70. The molecule has 0 saturated heterocycles. The van der Waals surface area contributed by atoms with Crippen molar-refractivity contribution in [2.24, 2.45) is 0 Å². The summed E-state index contributed by atoms with van der Waals surface area (Å²) < 4.78 is 5.65. The zero-order valence-electron chi connectivity index (χ0n) is 10.1. The summed E-state index contributed by atoms with van der Waals surface area (Å²) in [5, 5.41) is 0. The molecule has 0 unspecified atom stereocenters. The monoisotopic (exact) mass is 222 g/mol. The Kier molecular flexibility index (Phi) is 5.06. The Hall–Kier alpha value is -0.603. The van der Waals surface area contributed by atoms with Crippen LogP contribution in [0.5, 0.6) is 0 Å². The number of hydrogen-bond donors (Lipinski definition) is 0. The second-order valence-electron chi connectivity index (χ2n) is 5.16. The maximum Gasteiger partial charge on any atom is 0.0506 e. The summed E-state index contributed by atoms with van der Waals surface area (Å²) in [6, 6.07) is 11.8. The molecule has 84 valence electrons. The zero-order chi connectivity index (χ0) is 11.1. The average molecular weight is 222 g/mol. The van der Waals surface area contributed by atoms with E-state index < -0.39 is 8.07 Å². The van der Waals surface area contributed by atoms with Crippen molar-refractivity contribution in [3.05, 3.63) is 35.9 Å². The molecule has 0 N–H and O–H groups in total. The highest BCUT2D eigenvalue weighted by molar-refractivity contribution is 6.76. The SMILES string of the molecule is C[Si](C)(C)CCOCCc1ccccc1. The van der Waals surface area contributed by atoms with Gasteiger partial charge < -0.3 is 4.74 Å². The molecule has 1 nitrogen and oxygen atoms in total. The van der Waals surface area contributed by atoms with Crippen LogP contribution in [0, 0.1) is 0 Å². The molecule has 0 fully saturated rings. The second kappa shape index (κ2) is 6.08. The Labute approximate surface area is 94.5 Å². The molecular weight excluding hydrogens is 200 g/mol. The quantitative estimate of drug-likeness (QED) is 0.528. The van der Waals surface area contributed by atoms with E-state index >= 15 is 0 Å². The largest absolute Gasteiger partial charge is 0.381 e. The molecule has 0 amide bonds. The molecule has 1 aromatic rings. The van der Waals surface area contributed by atoms with E-state index in [0.29, 0.717) is 0 Å². The van der Waals surface area contributed by atoms with Gasteiger partial charge in [-0.1, -0.05) is 50.0 Å². The molecule has 15 heavy (non-hydrogen) atoms. The fourth-order valence-corrected chi connectivity index (χ4v) is 2.07. The predicted octanol–water partition coefficient (Wildman–Crippen LogP) is 3.58. The van der Waals surface area contributed by atoms with Crippen molar-refractivity contribution in [3.63, 3.8) is 0 Å². The van der Waals surface area contributed by atoms with Gasteiger partial charge in [-0.2, -0.15) is 0 Å². The third kappa shape index (κ3) is 6.47. The Morgan fingerprint density at radius 1 is 1.00 bits per heavy atom. The normalized spacial score (nSPS) is 11.7. The summed E-state index contributed by atoms with van der Waals surface area (Å²) in [6.07, 6.45) is 1.03. The predicted molar refractivity (Wildman–Crippen MR) is 69.1 cm³/mol. The van der Waals surface area contributed by atoms with Crippen LogP contribution < -0.4 is 0 Å². The summed E-state index contributed by atoms with van der Waals surface area (Å²) >= 11 is 0. The van der Waals surface area contributed by atoms with E-state index in [9.17, 15) is 0 Å². The van der Waals surface area contributed by atoms with Crippen LogP contribution in [0.1, 0.15) is 5.56 Å². The van der Waals surface area contributed by atoms with Gasteiger partial charge in [-0.05, 0) is 18.0 Å². The van der Waals surface area contributed by atoms with Crippen LogP contribution in [-0.4, -0.2) is 21.3 Å². The smallest absolute Gasteiger partial charge is 0.0506 e. The van der Waals surface area contributed by atoms with Gasteiger partial charge in [0.1, 0.15) is 0 Å². The molecule has 0 spiro atoms. The van der Waals surface area contributed by atoms with E-state index in [1.165, 1.54) is 11.6 Å². The van der Waals surface area contributed by atoms with Crippen LogP contribution in [0.2, 0.25) is 25.7 Å². The average Bonchev–Trinajstić information content (AvgIpc) is 2.17. The molecule has 1 aromatic carbocycles. The van der Waals surface area contributed by atoms with Crippen LogP contribution in [-0.2, 0) is 11.2 Å². The standard InChI is InChI=1S/C13H22OSi/c1-15(2,3)12-11-14-10-9-13-7-5-4-6-8-13/h4-8H,9-12H2,1-3H3. The number of ether oxygens (including phenoxy) is 1. The van der Waals surface area contributed by atoms with Gasteiger partial charge in [0.05, 0.1) is 6.61 Å². The highest BCUT2D eigenvalue weighted by Gasteiger charge is 2.11.